The number of benzene rings is 4. The van der Waals surface area contributed by atoms with Gasteiger partial charge in [-0.05, 0) is 46.0 Å². The van der Waals surface area contributed by atoms with E-state index in [1.54, 1.807) is 28.4 Å². The smallest absolute Gasteiger partial charge is 0.130 e. The highest BCUT2D eigenvalue weighted by atomic mass is 35.5. The molecule has 0 aliphatic rings. The zero-order valence-corrected chi connectivity index (χ0v) is 21.4. The largest absolute Gasteiger partial charge is 0.496 e. The molecular formula is C28H28ClO4P. The van der Waals surface area contributed by atoms with E-state index in [1.165, 1.54) is 10.6 Å². The molecule has 6 heteroatoms. The molecule has 0 aromatic heterocycles. The number of methoxy groups -OCH3 is 4. The van der Waals surface area contributed by atoms with Crippen LogP contribution in [0.15, 0.2) is 84.9 Å². The van der Waals surface area contributed by atoms with Crippen LogP contribution in [0.5, 0.6) is 23.0 Å². The molecule has 4 aromatic carbocycles. The molecule has 0 atom stereocenters. The second kappa shape index (κ2) is 11.8. The lowest BCUT2D eigenvalue weighted by molar-refractivity contribution is 0.397. The Balaban J connectivity index is 0.00000324. The van der Waals surface area contributed by atoms with Crippen molar-refractivity contribution in [3.8, 4) is 45.3 Å². The third-order valence-electron chi connectivity index (χ3n) is 5.52. The van der Waals surface area contributed by atoms with Crippen molar-refractivity contribution in [2.45, 2.75) is 0 Å². The van der Waals surface area contributed by atoms with Crippen LogP contribution in [0.2, 0.25) is 0 Å². The fraction of sp³-hybridized carbons (Fsp3) is 0.143. The summed E-state index contributed by atoms with van der Waals surface area (Å²) in [5.74, 6) is 3.13. The van der Waals surface area contributed by atoms with Gasteiger partial charge >= 0.3 is 0 Å². The molecule has 0 heterocycles. The maximum Gasteiger partial charge on any atom is 0.130 e. The molecule has 0 bridgehead atoms. The Kier molecular flexibility index (Phi) is 8.81. The van der Waals surface area contributed by atoms with E-state index in [2.05, 4.69) is 36.4 Å². The van der Waals surface area contributed by atoms with Crippen molar-refractivity contribution in [1.29, 1.82) is 0 Å². The van der Waals surface area contributed by atoms with E-state index in [0.717, 1.165) is 45.3 Å². The van der Waals surface area contributed by atoms with Crippen LogP contribution in [0, 0.1) is 0 Å². The van der Waals surface area contributed by atoms with Crippen molar-refractivity contribution in [1.82, 2.24) is 0 Å². The Morgan fingerprint density at radius 3 is 1.09 bits per heavy atom. The monoisotopic (exact) mass is 494 g/mol. The predicted octanol–water partition coefficient (Wildman–Crippen LogP) is 6.11. The lowest BCUT2D eigenvalue weighted by Crippen LogP contribution is -2.10. The average Bonchev–Trinajstić information content (AvgIpc) is 2.88. The zero-order valence-electron chi connectivity index (χ0n) is 19.6. The summed E-state index contributed by atoms with van der Waals surface area (Å²) < 4.78 is 22.8. The van der Waals surface area contributed by atoms with E-state index < -0.39 is 0 Å². The number of halogens is 1. The summed E-state index contributed by atoms with van der Waals surface area (Å²) in [6.07, 6.45) is 0. The molecule has 0 aliphatic heterocycles. The lowest BCUT2D eigenvalue weighted by Gasteiger charge is -2.19. The summed E-state index contributed by atoms with van der Waals surface area (Å²) in [7, 11) is 7.14. The van der Waals surface area contributed by atoms with Gasteiger partial charge in [-0.25, -0.2) is 0 Å². The highest BCUT2D eigenvalue weighted by Gasteiger charge is 2.19. The highest BCUT2D eigenvalue weighted by Crippen LogP contribution is 2.41. The van der Waals surface area contributed by atoms with E-state index >= 15 is 0 Å². The molecule has 0 spiro atoms. The molecule has 0 fully saturated rings. The third-order valence-corrected chi connectivity index (χ3v) is 6.93. The van der Waals surface area contributed by atoms with Crippen LogP contribution < -0.4 is 29.6 Å². The van der Waals surface area contributed by atoms with Crippen molar-refractivity contribution in [2.24, 2.45) is 0 Å². The summed E-state index contributed by atoms with van der Waals surface area (Å²) >= 11 is 0. The van der Waals surface area contributed by atoms with Crippen LogP contribution in [-0.4, -0.2) is 28.4 Å². The Hall–Kier alpha value is -3.20. The molecular weight excluding hydrogens is 467 g/mol. The van der Waals surface area contributed by atoms with Gasteiger partial charge in [0.1, 0.15) is 23.0 Å². The van der Waals surface area contributed by atoms with Crippen molar-refractivity contribution >= 4 is 31.6 Å². The lowest BCUT2D eigenvalue weighted by atomic mass is 10.0. The topological polar surface area (TPSA) is 36.9 Å². The van der Waals surface area contributed by atoms with Gasteiger partial charge in [0.2, 0.25) is 0 Å². The average molecular weight is 495 g/mol. The minimum Gasteiger partial charge on any atom is -0.496 e. The minimum absolute atomic E-state index is 0. The molecule has 0 saturated heterocycles. The second-order valence-corrected chi connectivity index (χ2v) is 8.62. The predicted molar refractivity (Wildman–Crippen MR) is 145 cm³/mol. The first-order chi connectivity index (χ1) is 16.2. The summed E-state index contributed by atoms with van der Waals surface area (Å²) in [4.78, 5) is 0. The maximum atomic E-state index is 5.69. The number of hydrogen-bond donors (Lipinski definition) is 0. The molecule has 4 rings (SSSR count). The van der Waals surface area contributed by atoms with Gasteiger partial charge in [0, 0.05) is 0 Å². The molecule has 4 aromatic rings. The van der Waals surface area contributed by atoms with E-state index in [1.807, 2.05) is 48.5 Å². The molecule has 0 saturated carbocycles. The van der Waals surface area contributed by atoms with E-state index in [0.29, 0.717) is 8.58 Å². The van der Waals surface area contributed by atoms with Crippen LogP contribution in [0.3, 0.4) is 0 Å². The molecule has 176 valence electrons. The molecule has 0 aliphatic carbocycles. The quantitative estimate of drug-likeness (QED) is 0.277. The Bertz CT molecular complexity index is 1120. The van der Waals surface area contributed by atoms with Crippen LogP contribution in [-0.2, 0) is 0 Å². The summed E-state index contributed by atoms with van der Waals surface area (Å²) in [6, 6.07) is 28.5. The number of ether oxygens (including phenoxy) is 4. The SMILES string of the molecule is COc1cccc(OC)c1-c1ccccc1Pc1ccccc1-c1c(OC)cccc1OC.Cl. The summed E-state index contributed by atoms with van der Waals surface area (Å²) in [5.41, 5.74) is 4.09. The highest BCUT2D eigenvalue weighted by molar-refractivity contribution is 7.56. The Morgan fingerprint density at radius 1 is 0.441 bits per heavy atom. The molecule has 0 unspecified atom stereocenters. The molecule has 0 radical (unpaired) electrons. The molecule has 0 N–H and O–H groups in total. The van der Waals surface area contributed by atoms with Crippen LogP contribution >= 0.6 is 21.0 Å². The van der Waals surface area contributed by atoms with Gasteiger partial charge in [-0.3, -0.25) is 0 Å². The van der Waals surface area contributed by atoms with Crippen molar-refractivity contribution in [3.63, 3.8) is 0 Å². The Labute approximate surface area is 209 Å². The van der Waals surface area contributed by atoms with Crippen molar-refractivity contribution in [3.05, 3.63) is 84.9 Å². The van der Waals surface area contributed by atoms with Crippen LogP contribution in [0.1, 0.15) is 0 Å². The number of hydrogen-bond acceptors (Lipinski definition) is 4. The first-order valence-electron chi connectivity index (χ1n) is 10.6. The molecule has 34 heavy (non-hydrogen) atoms. The van der Waals surface area contributed by atoms with E-state index in [4.69, 9.17) is 18.9 Å². The first kappa shape index (κ1) is 25.4. The zero-order chi connectivity index (χ0) is 23.2. The van der Waals surface area contributed by atoms with Gasteiger partial charge in [0.25, 0.3) is 0 Å². The van der Waals surface area contributed by atoms with Gasteiger partial charge in [-0.1, -0.05) is 69.2 Å². The van der Waals surface area contributed by atoms with Gasteiger partial charge in [0.05, 0.1) is 39.6 Å². The van der Waals surface area contributed by atoms with Gasteiger partial charge in [-0.15, -0.1) is 12.4 Å². The molecule has 0 amide bonds. The fourth-order valence-electron chi connectivity index (χ4n) is 4.00. The molecule has 4 nitrogen and oxygen atoms in total. The van der Waals surface area contributed by atoms with Gasteiger partial charge in [0.15, 0.2) is 0 Å². The summed E-state index contributed by atoms with van der Waals surface area (Å²) in [5, 5.41) is 2.39. The standard InChI is InChI=1S/C28H27O4P.ClH/c1-29-21-13-9-14-22(30-2)27(21)19-11-5-7-17-25(19)33-26-18-8-6-12-20(26)28-23(31-3)15-10-16-24(28)32-4;/h5-18,33H,1-4H3;1H. The third kappa shape index (κ3) is 4.99. The first-order valence-corrected chi connectivity index (χ1v) is 11.6. The maximum absolute atomic E-state index is 5.69. The second-order valence-electron chi connectivity index (χ2n) is 7.29. The normalized spacial score (nSPS) is 10.2. The Morgan fingerprint density at radius 2 is 0.765 bits per heavy atom. The van der Waals surface area contributed by atoms with E-state index in [9.17, 15) is 0 Å². The fourth-order valence-corrected chi connectivity index (χ4v) is 5.33. The van der Waals surface area contributed by atoms with Crippen molar-refractivity contribution < 1.29 is 18.9 Å². The van der Waals surface area contributed by atoms with Crippen LogP contribution in [0.25, 0.3) is 22.3 Å². The summed E-state index contributed by atoms with van der Waals surface area (Å²) in [6.45, 7) is 0. The van der Waals surface area contributed by atoms with Gasteiger partial charge < -0.3 is 18.9 Å². The number of rotatable bonds is 8. The van der Waals surface area contributed by atoms with Crippen LogP contribution in [0.4, 0.5) is 0 Å². The minimum atomic E-state index is 0. The van der Waals surface area contributed by atoms with Gasteiger partial charge in [-0.2, -0.15) is 0 Å². The van der Waals surface area contributed by atoms with Crippen molar-refractivity contribution in [2.75, 3.05) is 28.4 Å². The van der Waals surface area contributed by atoms with E-state index in [-0.39, 0.29) is 12.4 Å².